The monoisotopic (exact) mass is 382 g/mol. The SMILES string of the molecule is Cc1c(C)c2c(c(C)c1O)CCC(C)(CN1CCN(c3ncccn3)CC1)O2. The summed E-state index contributed by atoms with van der Waals surface area (Å²) in [5.74, 6) is 2.22. The first-order chi connectivity index (χ1) is 13.4. The van der Waals surface area contributed by atoms with Gasteiger partial charge >= 0.3 is 0 Å². The van der Waals surface area contributed by atoms with Crippen LogP contribution in [0.25, 0.3) is 0 Å². The van der Waals surface area contributed by atoms with Crippen molar-refractivity contribution in [1.82, 2.24) is 14.9 Å². The van der Waals surface area contributed by atoms with Crippen molar-refractivity contribution in [2.45, 2.75) is 46.1 Å². The van der Waals surface area contributed by atoms with Gasteiger partial charge in [-0.2, -0.15) is 0 Å². The maximum absolute atomic E-state index is 10.4. The summed E-state index contributed by atoms with van der Waals surface area (Å²) >= 11 is 0. The van der Waals surface area contributed by atoms with E-state index in [2.05, 4.69) is 33.6 Å². The van der Waals surface area contributed by atoms with Gasteiger partial charge in [-0.05, 0) is 63.3 Å². The third-order valence-corrected chi connectivity index (χ3v) is 6.36. The number of benzene rings is 1. The number of aromatic nitrogens is 2. The lowest BCUT2D eigenvalue weighted by Crippen LogP contribution is -2.54. The smallest absolute Gasteiger partial charge is 0.225 e. The van der Waals surface area contributed by atoms with E-state index in [4.69, 9.17) is 4.74 Å². The van der Waals surface area contributed by atoms with E-state index in [1.54, 1.807) is 12.4 Å². The Balaban J connectivity index is 1.44. The molecule has 2 aliphatic heterocycles. The molecule has 2 aliphatic rings. The summed E-state index contributed by atoms with van der Waals surface area (Å²) in [4.78, 5) is 13.5. The van der Waals surface area contributed by atoms with E-state index in [0.29, 0.717) is 5.75 Å². The lowest BCUT2D eigenvalue weighted by Gasteiger charge is -2.43. The van der Waals surface area contributed by atoms with Crippen LogP contribution >= 0.6 is 0 Å². The average molecular weight is 383 g/mol. The zero-order chi connectivity index (χ0) is 19.9. The molecule has 1 atom stereocenters. The minimum absolute atomic E-state index is 0.209. The molecule has 0 saturated carbocycles. The highest BCUT2D eigenvalue weighted by Gasteiger charge is 2.36. The van der Waals surface area contributed by atoms with Gasteiger partial charge < -0.3 is 14.7 Å². The zero-order valence-electron chi connectivity index (χ0n) is 17.3. The summed E-state index contributed by atoms with van der Waals surface area (Å²) < 4.78 is 6.59. The molecule has 0 spiro atoms. The maximum atomic E-state index is 10.4. The van der Waals surface area contributed by atoms with Gasteiger partial charge in [-0.15, -0.1) is 0 Å². The van der Waals surface area contributed by atoms with Gasteiger partial charge in [0, 0.05) is 50.7 Å². The molecule has 1 N–H and O–H groups in total. The van der Waals surface area contributed by atoms with Crippen LogP contribution in [-0.4, -0.2) is 58.3 Å². The van der Waals surface area contributed by atoms with Crippen molar-refractivity contribution >= 4 is 5.95 Å². The summed E-state index contributed by atoms with van der Waals surface area (Å²) in [7, 11) is 0. The molecular formula is C22H30N4O2. The first-order valence-electron chi connectivity index (χ1n) is 10.1. The summed E-state index contributed by atoms with van der Waals surface area (Å²) in [5, 5.41) is 10.4. The Kier molecular flexibility index (Phi) is 4.91. The molecule has 1 unspecified atom stereocenters. The predicted octanol–water partition coefficient (Wildman–Crippen LogP) is 3.01. The molecule has 1 aromatic carbocycles. The molecule has 1 aromatic heterocycles. The molecule has 0 bridgehead atoms. The Morgan fingerprint density at radius 1 is 1.04 bits per heavy atom. The number of piperazine rings is 1. The molecule has 1 saturated heterocycles. The first kappa shape index (κ1) is 19.0. The van der Waals surface area contributed by atoms with Crippen molar-refractivity contribution in [3.8, 4) is 11.5 Å². The largest absolute Gasteiger partial charge is 0.507 e. The lowest BCUT2D eigenvalue weighted by molar-refractivity contribution is 0.0226. The topological polar surface area (TPSA) is 61.7 Å². The summed E-state index contributed by atoms with van der Waals surface area (Å²) in [6, 6.07) is 1.85. The molecule has 6 nitrogen and oxygen atoms in total. The number of aromatic hydroxyl groups is 1. The van der Waals surface area contributed by atoms with Crippen LogP contribution in [0.3, 0.4) is 0 Å². The van der Waals surface area contributed by atoms with Crippen molar-refractivity contribution in [3.63, 3.8) is 0 Å². The quantitative estimate of drug-likeness (QED) is 0.881. The number of nitrogens with zero attached hydrogens (tertiary/aromatic N) is 4. The highest BCUT2D eigenvalue weighted by Crippen LogP contribution is 2.43. The maximum Gasteiger partial charge on any atom is 0.225 e. The van der Waals surface area contributed by atoms with Crippen LogP contribution in [0.5, 0.6) is 11.5 Å². The fourth-order valence-corrected chi connectivity index (χ4v) is 4.44. The second-order valence-corrected chi connectivity index (χ2v) is 8.40. The average Bonchev–Trinajstić information content (AvgIpc) is 2.71. The Morgan fingerprint density at radius 2 is 1.71 bits per heavy atom. The number of hydrogen-bond acceptors (Lipinski definition) is 6. The molecule has 0 radical (unpaired) electrons. The number of hydrogen-bond donors (Lipinski definition) is 1. The van der Waals surface area contributed by atoms with Gasteiger partial charge in [-0.1, -0.05) is 0 Å². The predicted molar refractivity (Wildman–Crippen MR) is 110 cm³/mol. The van der Waals surface area contributed by atoms with E-state index in [9.17, 15) is 5.11 Å². The van der Waals surface area contributed by atoms with Gasteiger partial charge in [0.15, 0.2) is 0 Å². The third kappa shape index (κ3) is 3.41. The highest BCUT2D eigenvalue weighted by atomic mass is 16.5. The number of ether oxygens (including phenoxy) is 1. The standard InChI is InChI=1S/C22H30N4O2/c1-15-16(2)20-18(17(3)19(15)27)6-7-22(4,28-20)14-25-10-12-26(13-11-25)21-23-8-5-9-24-21/h5,8-9,27H,6-7,10-14H2,1-4H3. The third-order valence-electron chi connectivity index (χ3n) is 6.36. The molecular weight excluding hydrogens is 352 g/mol. The fourth-order valence-electron chi connectivity index (χ4n) is 4.44. The van der Waals surface area contributed by atoms with Crippen molar-refractivity contribution in [2.75, 3.05) is 37.6 Å². The van der Waals surface area contributed by atoms with Gasteiger partial charge in [-0.3, -0.25) is 4.90 Å². The van der Waals surface area contributed by atoms with E-state index < -0.39 is 0 Å². The van der Waals surface area contributed by atoms with Gasteiger partial charge in [0.1, 0.15) is 17.1 Å². The number of fused-ring (bicyclic) bond motifs is 1. The van der Waals surface area contributed by atoms with E-state index in [0.717, 1.165) is 74.0 Å². The van der Waals surface area contributed by atoms with Crippen molar-refractivity contribution < 1.29 is 9.84 Å². The van der Waals surface area contributed by atoms with Gasteiger partial charge in [-0.25, -0.2) is 9.97 Å². The fraction of sp³-hybridized carbons (Fsp3) is 0.545. The number of phenolic OH excluding ortho intramolecular Hbond substituents is 1. The lowest BCUT2D eigenvalue weighted by atomic mass is 9.87. The van der Waals surface area contributed by atoms with E-state index in [1.165, 1.54) is 5.56 Å². The summed E-state index contributed by atoms with van der Waals surface area (Å²) in [6.45, 7) is 13.0. The van der Waals surface area contributed by atoms with Crippen LogP contribution < -0.4 is 9.64 Å². The molecule has 3 heterocycles. The molecule has 4 rings (SSSR count). The number of rotatable bonds is 3. The Labute approximate surface area is 167 Å². The molecule has 6 heteroatoms. The van der Waals surface area contributed by atoms with Crippen molar-refractivity contribution in [1.29, 1.82) is 0 Å². The van der Waals surface area contributed by atoms with Crippen molar-refractivity contribution in [3.05, 3.63) is 40.7 Å². The second-order valence-electron chi connectivity index (χ2n) is 8.40. The van der Waals surface area contributed by atoms with Crippen LogP contribution in [-0.2, 0) is 6.42 Å². The summed E-state index contributed by atoms with van der Waals surface area (Å²) in [5.41, 5.74) is 3.92. The van der Waals surface area contributed by atoms with Crippen LogP contribution in [0, 0.1) is 20.8 Å². The Hall–Kier alpha value is -2.34. The molecule has 1 fully saturated rings. The molecule has 2 aromatic rings. The normalized spacial score (nSPS) is 22.6. The van der Waals surface area contributed by atoms with E-state index in [-0.39, 0.29) is 5.60 Å². The van der Waals surface area contributed by atoms with Crippen LogP contribution in [0.15, 0.2) is 18.5 Å². The number of phenols is 1. The van der Waals surface area contributed by atoms with Crippen LogP contribution in [0.4, 0.5) is 5.95 Å². The molecule has 150 valence electrons. The van der Waals surface area contributed by atoms with E-state index in [1.807, 2.05) is 19.9 Å². The minimum atomic E-state index is -0.209. The Morgan fingerprint density at radius 3 is 2.39 bits per heavy atom. The van der Waals surface area contributed by atoms with E-state index >= 15 is 0 Å². The zero-order valence-corrected chi connectivity index (χ0v) is 17.3. The van der Waals surface area contributed by atoms with Crippen molar-refractivity contribution in [2.24, 2.45) is 0 Å². The molecule has 0 amide bonds. The first-order valence-corrected chi connectivity index (χ1v) is 10.1. The van der Waals surface area contributed by atoms with Gasteiger partial charge in [0.25, 0.3) is 0 Å². The minimum Gasteiger partial charge on any atom is -0.507 e. The van der Waals surface area contributed by atoms with Gasteiger partial charge in [0.05, 0.1) is 0 Å². The Bertz CT molecular complexity index is 863. The number of anilines is 1. The highest BCUT2D eigenvalue weighted by molar-refractivity contribution is 5.58. The van der Waals surface area contributed by atoms with Crippen LogP contribution in [0.1, 0.15) is 35.6 Å². The summed E-state index contributed by atoms with van der Waals surface area (Å²) in [6.07, 6.45) is 5.51. The van der Waals surface area contributed by atoms with Crippen LogP contribution in [0.2, 0.25) is 0 Å². The second kappa shape index (κ2) is 7.24. The van der Waals surface area contributed by atoms with Gasteiger partial charge in [0.2, 0.25) is 5.95 Å². The molecule has 28 heavy (non-hydrogen) atoms. The molecule has 0 aliphatic carbocycles.